The SMILES string of the molecule is O=C(Nc1cccn2nc(C3CCC3)nc12)c1ccccn1. The Morgan fingerprint density at radius 2 is 2.14 bits per heavy atom. The Hall–Kier alpha value is -2.76. The second-order valence-electron chi connectivity index (χ2n) is 5.46. The molecule has 0 atom stereocenters. The molecule has 0 bridgehead atoms. The van der Waals surface area contributed by atoms with Crippen molar-refractivity contribution in [3.63, 3.8) is 0 Å². The molecule has 1 fully saturated rings. The standard InChI is InChI=1S/C16H15N5O/c22-16(13-7-1-2-9-17-13)18-12-8-4-10-21-15(12)19-14(20-21)11-5-3-6-11/h1-2,4,7-11H,3,5-6H2,(H,18,22). The number of nitrogens with zero attached hydrogens (tertiary/aromatic N) is 4. The third-order valence-electron chi connectivity index (χ3n) is 3.99. The van der Waals surface area contributed by atoms with Gasteiger partial charge in [0.2, 0.25) is 0 Å². The van der Waals surface area contributed by atoms with Crippen molar-refractivity contribution in [3.8, 4) is 0 Å². The van der Waals surface area contributed by atoms with E-state index in [2.05, 4.69) is 20.4 Å². The summed E-state index contributed by atoms with van der Waals surface area (Å²) >= 11 is 0. The second kappa shape index (κ2) is 5.22. The van der Waals surface area contributed by atoms with Crippen LogP contribution in [0.1, 0.15) is 41.5 Å². The second-order valence-corrected chi connectivity index (χ2v) is 5.46. The van der Waals surface area contributed by atoms with E-state index in [0.29, 0.717) is 22.9 Å². The molecule has 0 aliphatic heterocycles. The molecule has 1 aliphatic rings. The molecule has 1 aliphatic carbocycles. The predicted molar refractivity (Wildman–Crippen MR) is 81.8 cm³/mol. The van der Waals surface area contributed by atoms with Gasteiger partial charge in [-0.2, -0.15) is 5.10 Å². The number of anilines is 1. The van der Waals surface area contributed by atoms with E-state index in [1.54, 1.807) is 28.9 Å². The smallest absolute Gasteiger partial charge is 0.274 e. The fourth-order valence-corrected chi connectivity index (χ4v) is 2.54. The van der Waals surface area contributed by atoms with E-state index in [1.165, 1.54) is 6.42 Å². The first-order chi connectivity index (χ1) is 10.8. The zero-order valence-corrected chi connectivity index (χ0v) is 11.9. The third-order valence-corrected chi connectivity index (χ3v) is 3.99. The van der Waals surface area contributed by atoms with Crippen LogP contribution in [0, 0.1) is 0 Å². The highest BCUT2D eigenvalue weighted by Crippen LogP contribution is 2.35. The number of hydrogen-bond acceptors (Lipinski definition) is 4. The summed E-state index contributed by atoms with van der Waals surface area (Å²) in [5, 5.41) is 7.38. The van der Waals surface area contributed by atoms with Crippen molar-refractivity contribution in [2.45, 2.75) is 25.2 Å². The van der Waals surface area contributed by atoms with Crippen molar-refractivity contribution in [2.24, 2.45) is 0 Å². The van der Waals surface area contributed by atoms with Crippen molar-refractivity contribution in [2.75, 3.05) is 5.32 Å². The molecule has 3 heterocycles. The van der Waals surface area contributed by atoms with Crippen LogP contribution >= 0.6 is 0 Å². The monoisotopic (exact) mass is 293 g/mol. The first kappa shape index (κ1) is 12.9. The van der Waals surface area contributed by atoms with Gasteiger partial charge in [0.25, 0.3) is 5.91 Å². The van der Waals surface area contributed by atoms with Crippen molar-refractivity contribution in [1.29, 1.82) is 0 Å². The molecule has 6 nitrogen and oxygen atoms in total. The molecule has 3 aromatic rings. The summed E-state index contributed by atoms with van der Waals surface area (Å²) in [5.74, 6) is 1.08. The van der Waals surface area contributed by atoms with Gasteiger partial charge in [-0.05, 0) is 37.1 Å². The molecule has 1 amide bonds. The quantitative estimate of drug-likeness (QED) is 0.805. The first-order valence-corrected chi connectivity index (χ1v) is 7.39. The van der Waals surface area contributed by atoms with Crippen LogP contribution in [-0.2, 0) is 0 Å². The molecule has 0 aromatic carbocycles. The molecule has 1 N–H and O–H groups in total. The third kappa shape index (κ3) is 2.22. The highest BCUT2D eigenvalue weighted by Gasteiger charge is 2.24. The van der Waals surface area contributed by atoms with Gasteiger partial charge in [0.15, 0.2) is 11.5 Å². The van der Waals surface area contributed by atoms with Crippen LogP contribution in [0.15, 0.2) is 42.7 Å². The van der Waals surface area contributed by atoms with Gasteiger partial charge in [0.05, 0.1) is 5.69 Å². The van der Waals surface area contributed by atoms with Gasteiger partial charge < -0.3 is 5.32 Å². The normalized spacial score (nSPS) is 14.7. The fraction of sp³-hybridized carbons (Fsp3) is 0.250. The molecule has 6 heteroatoms. The summed E-state index contributed by atoms with van der Waals surface area (Å²) in [6.07, 6.45) is 6.98. The van der Waals surface area contributed by atoms with Crippen molar-refractivity contribution in [1.82, 2.24) is 19.6 Å². The van der Waals surface area contributed by atoms with E-state index in [9.17, 15) is 4.79 Å². The average molecular weight is 293 g/mol. The molecule has 4 rings (SSSR count). The van der Waals surface area contributed by atoms with Crippen LogP contribution in [0.2, 0.25) is 0 Å². The molecule has 0 radical (unpaired) electrons. The van der Waals surface area contributed by atoms with Crippen LogP contribution in [0.5, 0.6) is 0 Å². The molecular weight excluding hydrogens is 278 g/mol. The van der Waals surface area contributed by atoms with E-state index in [-0.39, 0.29) is 5.91 Å². The fourth-order valence-electron chi connectivity index (χ4n) is 2.54. The summed E-state index contributed by atoms with van der Waals surface area (Å²) in [7, 11) is 0. The highest BCUT2D eigenvalue weighted by molar-refractivity contribution is 6.04. The van der Waals surface area contributed by atoms with Crippen molar-refractivity contribution >= 4 is 17.2 Å². The minimum absolute atomic E-state index is 0.248. The molecule has 22 heavy (non-hydrogen) atoms. The van der Waals surface area contributed by atoms with Crippen molar-refractivity contribution in [3.05, 3.63) is 54.2 Å². The van der Waals surface area contributed by atoms with Gasteiger partial charge in [-0.3, -0.25) is 9.78 Å². The minimum atomic E-state index is -0.248. The van der Waals surface area contributed by atoms with Gasteiger partial charge >= 0.3 is 0 Å². The van der Waals surface area contributed by atoms with Gasteiger partial charge in [-0.15, -0.1) is 0 Å². The largest absolute Gasteiger partial charge is 0.317 e. The lowest BCUT2D eigenvalue weighted by molar-refractivity contribution is 0.102. The molecule has 3 aromatic heterocycles. The topological polar surface area (TPSA) is 72.2 Å². The molecule has 0 saturated heterocycles. The van der Waals surface area contributed by atoms with E-state index < -0.39 is 0 Å². The molecule has 1 saturated carbocycles. The van der Waals surface area contributed by atoms with Crippen LogP contribution in [0.3, 0.4) is 0 Å². The molecule has 0 unspecified atom stereocenters. The van der Waals surface area contributed by atoms with Crippen LogP contribution in [-0.4, -0.2) is 25.5 Å². The van der Waals surface area contributed by atoms with Gasteiger partial charge in [-0.25, -0.2) is 9.50 Å². The summed E-state index contributed by atoms with van der Waals surface area (Å²) in [4.78, 5) is 20.9. The van der Waals surface area contributed by atoms with E-state index in [4.69, 9.17) is 0 Å². The molecule has 110 valence electrons. The maximum atomic E-state index is 12.2. The Labute approximate surface area is 127 Å². The number of amides is 1. The Bertz CT molecular complexity index is 823. The Morgan fingerprint density at radius 3 is 2.86 bits per heavy atom. The summed E-state index contributed by atoms with van der Waals surface area (Å²) in [6.45, 7) is 0. The van der Waals surface area contributed by atoms with E-state index in [0.717, 1.165) is 18.7 Å². The number of hydrogen-bond donors (Lipinski definition) is 1. The zero-order valence-electron chi connectivity index (χ0n) is 11.9. The lowest BCUT2D eigenvalue weighted by Crippen LogP contribution is -2.14. The minimum Gasteiger partial charge on any atom is -0.317 e. The van der Waals surface area contributed by atoms with Crippen molar-refractivity contribution < 1.29 is 4.79 Å². The van der Waals surface area contributed by atoms with Gasteiger partial charge in [0.1, 0.15) is 5.69 Å². The Kier molecular flexibility index (Phi) is 3.07. The average Bonchev–Trinajstić information content (AvgIpc) is 2.90. The van der Waals surface area contributed by atoms with Crippen LogP contribution in [0.25, 0.3) is 5.65 Å². The molecular formula is C16H15N5O. The van der Waals surface area contributed by atoms with Crippen LogP contribution < -0.4 is 5.32 Å². The lowest BCUT2D eigenvalue weighted by atomic mass is 9.85. The Balaban J connectivity index is 1.66. The number of fused-ring (bicyclic) bond motifs is 1. The number of carbonyl (C=O) groups excluding carboxylic acids is 1. The van der Waals surface area contributed by atoms with E-state index in [1.807, 2.05) is 18.3 Å². The highest BCUT2D eigenvalue weighted by atomic mass is 16.1. The maximum Gasteiger partial charge on any atom is 0.274 e. The zero-order chi connectivity index (χ0) is 14.9. The summed E-state index contributed by atoms with van der Waals surface area (Å²) in [5.41, 5.74) is 1.70. The first-order valence-electron chi connectivity index (χ1n) is 7.39. The van der Waals surface area contributed by atoms with Gasteiger partial charge in [-0.1, -0.05) is 12.5 Å². The predicted octanol–water partition coefficient (Wildman–Crippen LogP) is 2.64. The number of nitrogens with one attached hydrogen (secondary N) is 1. The number of pyridine rings is 2. The lowest BCUT2D eigenvalue weighted by Gasteiger charge is -2.21. The summed E-state index contributed by atoms with van der Waals surface area (Å²) in [6, 6.07) is 8.92. The number of aromatic nitrogens is 4. The van der Waals surface area contributed by atoms with Crippen LogP contribution in [0.4, 0.5) is 5.69 Å². The van der Waals surface area contributed by atoms with E-state index >= 15 is 0 Å². The van der Waals surface area contributed by atoms with Gasteiger partial charge in [0, 0.05) is 18.3 Å². The number of rotatable bonds is 3. The molecule has 0 spiro atoms. The Morgan fingerprint density at radius 1 is 1.23 bits per heavy atom. The maximum absolute atomic E-state index is 12.2. The summed E-state index contributed by atoms with van der Waals surface area (Å²) < 4.78 is 1.72. The number of carbonyl (C=O) groups is 1.